The quantitative estimate of drug-likeness (QED) is 0.733. The Balaban J connectivity index is 1.52. The standard InChI is InChI=1S/C16H16N4O3/c21-16(19-5-7-22-8-6-19)14-9-12(23-18-14)10-20-11-17-13-3-1-2-4-15(13)20/h1-4,9,11H,5-8,10H2. The van der Waals surface area contributed by atoms with Crippen molar-refractivity contribution < 1.29 is 14.1 Å². The lowest BCUT2D eigenvalue weighted by atomic mass is 10.3. The van der Waals surface area contributed by atoms with Crippen molar-refractivity contribution in [2.45, 2.75) is 6.54 Å². The molecule has 0 saturated carbocycles. The Morgan fingerprint density at radius 3 is 2.91 bits per heavy atom. The van der Waals surface area contributed by atoms with Crippen LogP contribution in [0.15, 0.2) is 41.2 Å². The largest absolute Gasteiger partial charge is 0.378 e. The zero-order chi connectivity index (χ0) is 15.6. The van der Waals surface area contributed by atoms with Crippen molar-refractivity contribution in [2.75, 3.05) is 26.3 Å². The summed E-state index contributed by atoms with van der Waals surface area (Å²) in [5.41, 5.74) is 2.29. The molecule has 1 fully saturated rings. The van der Waals surface area contributed by atoms with Gasteiger partial charge in [0.2, 0.25) is 0 Å². The molecule has 3 heterocycles. The van der Waals surface area contributed by atoms with Gasteiger partial charge in [0, 0.05) is 19.2 Å². The molecule has 0 unspecified atom stereocenters. The summed E-state index contributed by atoms with van der Waals surface area (Å²) in [7, 11) is 0. The molecule has 0 spiro atoms. The van der Waals surface area contributed by atoms with E-state index in [2.05, 4.69) is 10.1 Å². The average Bonchev–Trinajstić information content (AvgIpc) is 3.23. The minimum absolute atomic E-state index is 0.112. The van der Waals surface area contributed by atoms with Crippen LogP contribution in [0.1, 0.15) is 16.2 Å². The van der Waals surface area contributed by atoms with E-state index in [-0.39, 0.29) is 5.91 Å². The summed E-state index contributed by atoms with van der Waals surface area (Å²) in [4.78, 5) is 18.4. The van der Waals surface area contributed by atoms with Crippen molar-refractivity contribution >= 4 is 16.9 Å². The van der Waals surface area contributed by atoms with Crippen LogP contribution in [-0.2, 0) is 11.3 Å². The maximum absolute atomic E-state index is 12.4. The lowest BCUT2D eigenvalue weighted by molar-refractivity contribution is 0.0296. The molecule has 7 nitrogen and oxygen atoms in total. The fourth-order valence-electron chi connectivity index (χ4n) is 2.72. The number of hydrogen-bond acceptors (Lipinski definition) is 5. The molecule has 4 rings (SSSR count). The van der Waals surface area contributed by atoms with Gasteiger partial charge in [0.1, 0.15) is 0 Å². The van der Waals surface area contributed by atoms with Gasteiger partial charge in [-0.05, 0) is 12.1 Å². The first-order valence-electron chi connectivity index (χ1n) is 7.54. The molecule has 1 aromatic carbocycles. The highest BCUT2D eigenvalue weighted by Gasteiger charge is 2.22. The van der Waals surface area contributed by atoms with Gasteiger partial charge >= 0.3 is 0 Å². The fraction of sp³-hybridized carbons (Fsp3) is 0.312. The van der Waals surface area contributed by atoms with Crippen molar-refractivity contribution in [1.29, 1.82) is 0 Å². The Morgan fingerprint density at radius 2 is 2.04 bits per heavy atom. The molecule has 0 aliphatic carbocycles. The zero-order valence-corrected chi connectivity index (χ0v) is 12.5. The second-order valence-electron chi connectivity index (χ2n) is 5.44. The van der Waals surface area contributed by atoms with E-state index >= 15 is 0 Å². The van der Waals surface area contributed by atoms with Crippen LogP contribution in [0.25, 0.3) is 11.0 Å². The number of rotatable bonds is 3. The van der Waals surface area contributed by atoms with Crippen LogP contribution in [0.2, 0.25) is 0 Å². The molecule has 1 amide bonds. The molecular formula is C16H16N4O3. The number of ether oxygens (including phenoxy) is 1. The van der Waals surface area contributed by atoms with Gasteiger partial charge in [-0.3, -0.25) is 4.79 Å². The number of hydrogen-bond donors (Lipinski definition) is 0. The predicted molar refractivity (Wildman–Crippen MR) is 82.1 cm³/mol. The minimum Gasteiger partial charge on any atom is -0.378 e. The Hall–Kier alpha value is -2.67. The van der Waals surface area contributed by atoms with E-state index in [1.807, 2.05) is 28.8 Å². The van der Waals surface area contributed by atoms with Gasteiger partial charge in [-0.2, -0.15) is 0 Å². The van der Waals surface area contributed by atoms with E-state index in [1.54, 1.807) is 17.3 Å². The highest BCUT2D eigenvalue weighted by Crippen LogP contribution is 2.15. The van der Waals surface area contributed by atoms with E-state index < -0.39 is 0 Å². The van der Waals surface area contributed by atoms with Crippen LogP contribution in [0.3, 0.4) is 0 Å². The highest BCUT2D eigenvalue weighted by atomic mass is 16.5. The second kappa shape index (κ2) is 5.85. The lowest BCUT2D eigenvalue weighted by Gasteiger charge is -2.25. The maximum atomic E-state index is 12.4. The van der Waals surface area contributed by atoms with Crippen molar-refractivity contribution in [3.63, 3.8) is 0 Å². The molecule has 1 aliphatic heterocycles. The number of benzene rings is 1. The highest BCUT2D eigenvalue weighted by molar-refractivity contribution is 5.92. The smallest absolute Gasteiger partial charge is 0.276 e. The third-order valence-electron chi connectivity index (χ3n) is 3.93. The van der Waals surface area contributed by atoms with Crippen molar-refractivity contribution in [3.05, 3.63) is 48.1 Å². The summed E-state index contributed by atoms with van der Waals surface area (Å²) < 4.78 is 12.5. The first kappa shape index (κ1) is 14.0. The number of carbonyl (C=O) groups is 1. The van der Waals surface area contributed by atoms with Crippen LogP contribution in [-0.4, -0.2) is 51.8 Å². The van der Waals surface area contributed by atoms with Crippen LogP contribution in [0, 0.1) is 0 Å². The van der Waals surface area contributed by atoms with Gasteiger partial charge in [0.15, 0.2) is 11.5 Å². The molecule has 2 aromatic heterocycles. The van der Waals surface area contributed by atoms with Crippen molar-refractivity contribution in [3.8, 4) is 0 Å². The SMILES string of the molecule is O=C(c1cc(Cn2cnc3ccccc32)on1)N1CCOCC1. The van der Waals surface area contributed by atoms with Crippen LogP contribution in [0.5, 0.6) is 0 Å². The molecule has 3 aromatic rings. The summed E-state index contributed by atoms with van der Waals surface area (Å²) >= 11 is 0. The fourth-order valence-corrected chi connectivity index (χ4v) is 2.72. The molecule has 0 bridgehead atoms. The number of morpholine rings is 1. The van der Waals surface area contributed by atoms with E-state index in [9.17, 15) is 4.79 Å². The summed E-state index contributed by atoms with van der Waals surface area (Å²) in [5.74, 6) is 0.517. The van der Waals surface area contributed by atoms with E-state index in [4.69, 9.17) is 9.26 Å². The number of fused-ring (bicyclic) bond motifs is 1. The van der Waals surface area contributed by atoms with Gasteiger partial charge in [-0.1, -0.05) is 17.3 Å². The summed E-state index contributed by atoms with van der Waals surface area (Å²) in [6, 6.07) is 9.58. The number of amides is 1. The third kappa shape index (κ3) is 2.70. The predicted octanol–water partition coefficient (Wildman–Crippen LogP) is 1.54. The minimum atomic E-state index is -0.112. The van der Waals surface area contributed by atoms with E-state index in [0.29, 0.717) is 44.3 Å². The van der Waals surface area contributed by atoms with Gasteiger partial charge in [-0.25, -0.2) is 4.98 Å². The number of aromatic nitrogens is 3. The maximum Gasteiger partial charge on any atom is 0.276 e. The molecule has 1 saturated heterocycles. The lowest BCUT2D eigenvalue weighted by Crippen LogP contribution is -2.40. The normalized spacial score (nSPS) is 15.2. The van der Waals surface area contributed by atoms with Crippen LogP contribution >= 0.6 is 0 Å². The Bertz CT molecular complexity index is 833. The molecular weight excluding hydrogens is 296 g/mol. The van der Waals surface area contributed by atoms with Crippen molar-refractivity contribution in [1.82, 2.24) is 19.6 Å². The van der Waals surface area contributed by atoms with E-state index in [0.717, 1.165) is 11.0 Å². The number of imidazole rings is 1. The first-order chi connectivity index (χ1) is 11.3. The van der Waals surface area contributed by atoms with Crippen molar-refractivity contribution in [2.24, 2.45) is 0 Å². The second-order valence-corrected chi connectivity index (χ2v) is 5.44. The number of carbonyl (C=O) groups excluding carboxylic acids is 1. The Labute approximate surface area is 132 Å². The van der Waals surface area contributed by atoms with Crippen LogP contribution in [0.4, 0.5) is 0 Å². The molecule has 0 radical (unpaired) electrons. The summed E-state index contributed by atoms with van der Waals surface area (Å²) in [6.07, 6.45) is 1.76. The van der Waals surface area contributed by atoms with Crippen LogP contribution < -0.4 is 0 Å². The number of nitrogens with zero attached hydrogens (tertiary/aromatic N) is 4. The zero-order valence-electron chi connectivity index (χ0n) is 12.5. The molecule has 0 N–H and O–H groups in total. The molecule has 118 valence electrons. The summed E-state index contributed by atoms with van der Waals surface area (Å²) in [5, 5.41) is 3.91. The molecule has 0 atom stereocenters. The molecule has 1 aliphatic rings. The monoisotopic (exact) mass is 312 g/mol. The first-order valence-corrected chi connectivity index (χ1v) is 7.54. The number of para-hydroxylation sites is 2. The Morgan fingerprint density at radius 1 is 1.22 bits per heavy atom. The summed E-state index contributed by atoms with van der Waals surface area (Å²) in [6.45, 7) is 2.80. The van der Waals surface area contributed by atoms with Gasteiger partial charge < -0.3 is 18.7 Å². The van der Waals surface area contributed by atoms with Gasteiger partial charge in [0.25, 0.3) is 5.91 Å². The Kier molecular flexibility index (Phi) is 3.55. The molecule has 23 heavy (non-hydrogen) atoms. The third-order valence-corrected chi connectivity index (χ3v) is 3.93. The van der Waals surface area contributed by atoms with E-state index in [1.165, 1.54) is 0 Å². The topological polar surface area (TPSA) is 73.4 Å². The van der Waals surface area contributed by atoms with Gasteiger partial charge in [0.05, 0.1) is 37.1 Å². The molecule has 7 heteroatoms. The average molecular weight is 312 g/mol. The van der Waals surface area contributed by atoms with Gasteiger partial charge in [-0.15, -0.1) is 0 Å².